The molecule has 2 N–H and O–H groups in total. The lowest BCUT2D eigenvalue weighted by molar-refractivity contribution is -0.138. The first kappa shape index (κ1) is 30.8. The fourth-order valence-electron chi connectivity index (χ4n) is 4.86. The van der Waals surface area contributed by atoms with Crippen LogP contribution in [-0.4, -0.2) is 72.9 Å². The Morgan fingerprint density at radius 2 is 1.66 bits per heavy atom. The Morgan fingerprint density at radius 1 is 0.951 bits per heavy atom. The van der Waals surface area contributed by atoms with Crippen molar-refractivity contribution in [2.24, 2.45) is 0 Å². The van der Waals surface area contributed by atoms with E-state index in [0.29, 0.717) is 67.8 Å². The molecule has 0 spiro atoms. The molecule has 1 aliphatic rings. The zero-order valence-electron chi connectivity index (χ0n) is 22.5. The first-order valence-electron chi connectivity index (χ1n) is 13.4. The van der Waals surface area contributed by atoms with Crippen LogP contribution in [0.2, 0.25) is 5.02 Å². The van der Waals surface area contributed by atoms with Crippen molar-refractivity contribution in [3.05, 3.63) is 94.3 Å². The summed E-state index contributed by atoms with van der Waals surface area (Å²) in [6.45, 7) is 3.07. The van der Waals surface area contributed by atoms with Gasteiger partial charge >= 0.3 is 6.18 Å². The molecule has 0 radical (unpaired) electrons. The highest BCUT2D eigenvalue weighted by molar-refractivity contribution is 6.31. The Balaban J connectivity index is 1.41. The molecule has 0 aliphatic carbocycles. The van der Waals surface area contributed by atoms with E-state index in [9.17, 15) is 23.1 Å². The number of rotatable bonds is 11. The molecule has 1 saturated heterocycles. The minimum atomic E-state index is -4.20. The number of carbonyl (C=O) groups is 1. The molecule has 0 atom stereocenters. The number of hydrogen-bond donors (Lipinski definition) is 2. The average Bonchev–Trinajstić information content (AvgIpc) is 2.93. The van der Waals surface area contributed by atoms with Gasteiger partial charge in [0.1, 0.15) is 5.82 Å². The Hall–Kier alpha value is -3.18. The van der Waals surface area contributed by atoms with Crippen molar-refractivity contribution < 1.29 is 27.5 Å². The third-order valence-corrected chi connectivity index (χ3v) is 7.22. The van der Waals surface area contributed by atoms with E-state index in [1.807, 2.05) is 40.1 Å². The number of hydrogen-bond acceptors (Lipinski definition) is 5. The van der Waals surface area contributed by atoms with Crippen LogP contribution < -0.4 is 10.2 Å². The van der Waals surface area contributed by atoms with Gasteiger partial charge in [-0.25, -0.2) is 4.39 Å². The number of aliphatic hydroxyl groups excluding tert-OH is 1. The van der Waals surface area contributed by atoms with Crippen molar-refractivity contribution in [2.75, 3.05) is 56.1 Å². The standard InChI is InChI=1S/C30H33ClF4N4O2/c31-24-7-9-27(28(19-24)39-14-12-37(13-15-39)11-10-30(33,34)35)36-29(41)25-8-6-23(18-26(25)32)21-38(16-17-40)20-22-4-2-1-3-5-22/h1-9,18-19,40H,10-17,20-21H2,(H,36,41). The van der Waals surface area contributed by atoms with E-state index in [-0.39, 0.29) is 18.7 Å². The molecule has 0 aromatic heterocycles. The molecule has 11 heteroatoms. The molecule has 1 heterocycles. The summed E-state index contributed by atoms with van der Waals surface area (Å²) >= 11 is 6.22. The van der Waals surface area contributed by atoms with Crippen LogP contribution in [-0.2, 0) is 13.1 Å². The van der Waals surface area contributed by atoms with Gasteiger partial charge in [-0.15, -0.1) is 0 Å². The van der Waals surface area contributed by atoms with Crippen LogP contribution in [0.3, 0.4) is 0 Å². The van der Waals surface area contributed by atoms with Crippen LogP contribution >= 0.6 is 11.6 Å². The van der Waals surface area contributed by atoms with E-state index in [0.717, 1.165) is 5.56 Å². The molecule has 1 fully saturated rings. The molecule has 3 aromatic carbocycles. The van der Waals surface area contributed by atoms with Crippen molar-refractivity contribution in [1.29, 1.82) is 0 Å². The number of nitrogens with zero attached hydrogens (tertiary/aromatic N) is 3. The predicted octanol–water partition coefficient (Wildman–Crippen LogP) is 5.80. The summed E-state index contributed by atoms with van der Waals surface area (Å²) in [4.78, 5) is 18.8. The van der Waals surface area contributed by atoms with Crippen molar-refractivity contribution in [3.8, 4) is 0 Å². The summed E-state index contributed by atoms with van der Waals surface area (Å²) < 4.78 is 52.9. The summed E-state index contributed by atoms with van der Waals surface area (Å²) in [5, 5.41) is 12.7. The van der Waals surface area contributed by atoms with Crippen molar-refractivity contribution >= 4 is 28.9 Å². The van der Waals surface area contributed by atoms with Crippen LogP contribution in [0.4, 0.5) is 28.9 Å². The molecule has 0 bridgehead atoms. The zero-order valence-corrected chi connectivity index (χ0v) is 23.3. The predicted molar refractivity (Wildman–Crippen MR) is 153 cm³/mol. The summed E-state index contributed by atoms with van der Waals surface area (Å²) in [5.41, 5.74) is 2.67. The maximum atomic E-state index is 15.1. The highest BCUT2D eigenvalue weighted by Gasteiger charge is 2.29. The number of amides is 1. The largest absolute Gasteiger partial charge is 0.395 e. The van der Waals surface area contributed by atoms with Crippen molar-refractivity contribution in [3.63, 3.8) is 0 Å². The third-order valence-electron chi connectivity index (χ3n) is 6.98. The molecular weight excluding hydrogens is 560 g/mol. The van der Waals surface area contributed by atoms with Gasteiger partial charge in [-0.2, -0.15) is 13.2 Å². The highest BCUT2D eigenvalue weighted by atomic mass is 35.5. The number of anilines is 2. The van der Waals surface area contributed by atoms with Gasteiger partial charge in [-0.1, -0.05) is 48.0 Å². The summed E-state index contributed by atoms with van der Waals surface area (Å²) in [6, 6.07) is 19.1. The SMILES string of the molecule is O=C(Nc1ccc(Cl)cc1N1CCN(CCC(F)(F)F)CC1)c1ccc(CN(CCO)Cc2ccccc2)cc1F. The van der Waals surface area contributed by atoms with Gasteiger partial charge in [0.15, 0.2) is 0 Å². The molecule has 4 rings (SSSR count). The molecule has 41 heavy (non-hydrogen) atoms. The first-order chi connectivity index (χ1) is 19.6. The molecule has 220 valence electrons. The van der Waals surface area contributed by atoms with Crippen LogP contribution in [0.15, 0.2) is 66.7 Å². The molecule has 1 amide bonds. The van der Waals surface area contributed by atoms with Gasteiger partial charge in [0.25, 0.3) is 5.91 Å². The van der Waals surface area contributed by atoms with Gasteiger partial charge in [0.05, 0.1) is 30.0 Å². The molecule has 3 aromatic rings. The molecule has 0 unspecified atom stereocenters. The lowest BCUT2D eigenvalue weighted by Crippen LogP contribution is -2.47. The number of benzene rings is 3. The van der Waals surface area contributed by atoms with E-state index in [4.69, 9.17) is 11.6 Å². The number of halogens is 5. The summed E-state index contributed by atoms with van der Waals surface area (Å²) in [7, 11) is 0. The van der Waals surface area contributed by atoms with Gasteiger partial charge in [0, 0.05) is 57.4 Å². The first-order valence-corrected chi connectivity index (χ1v) is 13.8. The third kappa shape index (κ3) is 9.16. The van der Waals surface area contributed by atoms with E-state index in [1.165, 1.54) is 12.1 Å². The normalized spacial score (nSPS) is 14.5. The van der Waals surface area contributed by atoms with E-state index in [1.54, 1.807) is 29.2 Å². The summed E-state index contributed by atoms with van der Waals surface area (Å²) in [6.07, 6.45) is -5.06. The lowest BCUT2D eigenvalue weighted by atomic mass is 10.1. The van der Waals surface area contributed by atoms with Crippen LogP contribution in [0.1, 0.15) is 27.9 Å². The second-order valence-corrected chi connectivity index (χ2v) is 10.5. The topological polar surface area (TPSA) is 59.1 Å². The second-order valence-electron chi connectivity index (χ2n) is 10.0. The number of alkyl halides is 3. The van der Waals surface area contributed by atoms with Gasteiger partial charge in [-0.05, 0) is 41.5 Å². The Bertz CT molecular complexity index is 1300. The monoisotopic (exact) mass is 592 g/mol. The Labute approximate surface area is 242 Å². The number of carbonyl (C=O) groups excluding carboxylic acids is 1. The highest BCUT2D eigenvalue weighted by Crippen LogP contribution is 2.31. The fourth-order valence-corrected chi connectivity index (χ4v) is 5.02. The van der Waals surface area contributed by atoms with E-state index < -0.39 is 24.3 Å². The van der Waals surface area contributed by atoms with Crippen LogP contribution in [0, 0.1) is 5.82 Å². The zero-order chi connectivity index (χ0) is 29.4. The summed E-state index contributed by atoms with van der Waals surface area (Å²) in [5.74, 6) is -1.30. The molecule has 1 aliphatic heterocycles. The smallest absolute Gasteiger partial charge is 0.390 e. The van der Waals surface area contributed by atoms with E-state index in [2.05, 4.69) is 5.32 Å². The van der Waals surface area contributed by atoms with Gasteiger partial charge in [0.2, 0.25) is 0 Å². The number of nitrogens with one attached hydrogen (secondary N) is 1. The van der Waals surface area contributed by atoms with Gasteiger partial charge in [-0.3, -0.25) is 14.6 Å². The number of aliphatic hydroxyl groups is 1. The van der Waals surface area contributed by atoms with Crippen LogP contribution in [0.25, 0.3) is 0 Å². The van der Waals surface area contributed by atoms with Crippen molar-refractivity contribution in [1.82, 2.24) is 9.80 Å². The Kier molecular flexibility index (Phi) is 10.6. The Morgan fingerprint density at radius 3 is 2.32 bits per heavy atom. The minimum absolute atomic E-state index is 0.0398. The second kappa shape index (κ2) is 14.1. The fraction of sp³-hybridized carbons (Fsp3) is 0.367. The molecule has 0 saturated carbocycles. The lowest BCUT2D eigenvalue weighted by Gasteiger charge is -2.37. The maximum Gasteiger partial charge on any atom is 0.390 e. The maximum absolute atomic E-state index is 15.1. The number of piperazine rings is 1. The minimum Gasteiger partial charge on any atom is -0.395 e. The van der Waals surface area contributed by atoms with Gasteiger partial charge < -0.3 is 15.3 Å². The average molecular weight is 593 g/mol. The quantitative estimate of drug-likeness (QED) is 0.276. The molecule has 6 nitrogen and oxygen atoms in total. The van der Waals surface area contributed by atoms with E-state index >= 15 is 4.39 Å². The molecular formula is C30H33ClF4N4O2. The van der Waals surface area contributed by atoms with Crippen molar-refractivity contribution in [2.45, 2.75) is 25.7 Å². The van der Waals surface area contributed by atoms with Crippen LogP contribution in [0.5, 0.6) is 0 Å².